The van der Waals surface area contributed by atoms with E-state index < -0.39 is 11.9 Å². The molecule has 1 amide bonds. The van der Waals surface area contributed by atoms with E-state index in [2.05, 4.69) is 17.3 Å². The Hall–Kier alpha value is -2.96. The van der Waals surface area contributed by atoms with Gasteiger partial charge in [-0.15, -0.1) is 0 Å². The van der Waals surface area contributed by atoms with E-state index in [1.54, 1.807) is 0 Å². The number of carbonyl (C=O) groups excluding carboxylic acids is 2. The van der Waals surface area contributed by atoms with Crippen LogP contribution in [0.5, 0.6) is 0 Å². The van der Waals surface area contributed by atoms with Gasteiger partial charge < -0.3 is 15.2 Å². The highest BCUT2D eigenvalue weighted by atomic mass is 16.4. The Morgan fingerprint density at radius 1 is 1.27 bits per heavy atom. The third kappa shape index (κ3) is 3.51. The summed E-state index contributed by atoms with van der Waals surface area (Å²) in [6.45, 7) is 6.10. The van der Waals surface area contributed by atoms with Crippen LogP contribution < -0.4 is 10.4 Å². The molecular formula is C19H21N4O3-. The molecule has 26 heavy (non-hydrogen) atoms. The van der Waals surface area contributed by atoms with Gasteiger partial charge in [0.05, 0.1) is 16.9 Å². The summed E-state index contributed by atoms with van der Waals surface area (Å²) in [6.07, 6.45) is 0.388. The number of nitrogens with one attached hydrogen (secondary N) is 1. The number of benzene rings is 1. The number of aryl methyl sites for hydroxylation is 1. The highest BCUT2D eigenvalue weighted by Gasteiger charge is 2.18. The molecule has 0 radical (unpaired) electrons. The summed E-state index contributed by atoms with van der Waals surface area (Å²) in [5.41, 5.74) is 2.68. The van der Waals surface area contributed by atoms with Gasteiger partial charge in [0.15, 0.2) is 11.5 Å². The molecule has 136 valence electrons. The van der Waals surface area contributed by atoms with E-state index in [9.17, 15) is 14.7 Å². The van der Waals surface area contributed by atoms with Crippen LogP contribution in [0.1, 0.15) is 44.7 Å². The van der Waals surface area contributed by atoms with Gasteiger partial charge in [0.25, 0.3) is 0 Å². The fourth-order valence-electron chi connectivity index (χ4n) is 2.83. The van der Waals surface area contributed by atoms with Gasteiger partial charge in [-0.3, -0.25) is 4.79 Å². The van der Waals surface area contributed by atoms with Crippen molar-refractivity contribution in [2.75, 3.05) is 5.32 Å². The Morgan fingerprint density at radius 3 is 2.73 bits per heavy atom. The molecule has 0 unspecified atom stereocenters. The lowest BCUT2D eigenvalue weighted by Crippen LogP contribution is -2.24. The second-order valence-electron chi connectivity index (χ2n) is 6.53. The fraction of sp³-hybridized carbons (Fsp3) is 0.368. The largest absolute Gasteiger partial charge is 0.550 e. The van der Waals surface area contributed by atoms with Gasteiger partial charge in [-0.05, 0) is 44.9 Å². The van der Waals surface area contributed by atoms with E-state index in [0.717, 1.165) is 28.3 Å². The van der Waals surface area contributed by atoms with E-state index in [4.69, 9.17) is 4.98 Å². The molecule has 3 rings (SSSR count). The zero-order chi connectivity index (χ0) is 18.8. The monoisotopic (exact) mass is 353 g/mol. The predicted octanol–water partition coefficient (Wildman–Crippen LogP) is 2.33. The lowest BCUT2D eigenvalue weighted by molar-refractivity contribution is -0.305. The summed E-state index contributed by atoms with van der Waals surface area (Å²) in [5, 5.41) is 19.5. The van der Waals surface area contributed by atoms with Crippen LogP contribution in [0, 0.1) is 6.92 Å². The number of carbonyl (C=O) groups is 2. The van der Waals surface area contributed by atoms with E-state index in [1.807, 2.05) is 42.8 Å². The number of amides is 1. The second kappa shape index (κ2) is 7.11. The second-order valence-corrected chi connectivity index (χ2v) is 6.53. The molecule has 0 spiro atoms. The van der Waals surface area contributed by atoms with E-state index >= 15 is 0 Å². The number of nitrogens with zero attached hydrogens (tertiary/aromatic N) is 3. The van der Waals surface area contributed by atoms with Crippen molar-refractivity contribution in [2.45, 2.75) is 46.1 Å². The molecule has 1 aromatic carbocycles. The Labute approximate surface area is 151 Å². The zero-order valence-electron chi connectivity index (χ0n) is 15.1. The highest BCUT2D eigenvalue weighted by molar-refractivity contribution is 6.03. The van der Waals surface area contributed by atoms with Crippen molar-refractivity contribution in [1.29, 1.82) is 0 Å². The number of pyridine rings is 1. The number of anilines is 1. The summed E-state index contributed by atoms with van der Waals surface area (Å²) in [5.74, 6) is -1.26. The first-order valence-electron chi connectivity index (χ1n) is 8.68. The maximum Gasteiger partial charge on any atom is 0.225 e. The molecule has 1 atom stereocenters. The van der Waals surface area contributed by atoms with E-state index in [1.165, 1.54) is 0 Å². The molecule has 0 saturated heterocycles. The number of carboxylic acid groups (broad SMARTS) is 1. The van der Waals surface area contributed by atoms with Gasteiger partial charge in [0.1, 0.15) is 0 Å². The van der Waals surface area contributed by atoms with Crippen LogP contribution in [-0.4, -0.2) is 26.6 Å². The topological polar surface area (TPSA) is 99.9 Å². The SMILES string of the molecule is CC[C@@H](C)n1nc(NC(=O)CCC(=O)[O-])c2cc3cc(C)ccc3nc21. The third-order valence-corrected chi connectivity index (χ3v) is 4.45. The normalized spacial score (nSPS) is 12.4. The number of carboxylic acids is 1. The molecule has 7 heteroatoms. The molecule has 2 heterocycles. The van der Waals surface area contributed by atoms with Crippen molar-refractivity contribution in [1.82, 2.24) is 14.8 Å². The maximum absolute atomic E-state index is 12.1. The van der Waals surface area contributed by atoms with Crippen molar-refractivity contribution >= 4 is 39.6 Å². The summed E-state index contributed by atoms with van der Waals surface area (Å²) in [6, 6.07) is 8.08. The van der Waals surface area contributed by atoms with Gasteiger partial charge >= 0.3 is 0 Å². The van der Waals surface area contributed by atoms with Crippen molar-refractivity contribution in [3.8, 4) is 0 Å². The van der Waals surface area contributed by atoms with E-state index in [-0.39, 0.29) is 18.9 Å². The average molecular weight is 353 g/mol. The van der Waals surface area contributed by atoms with Crippen LogP contribution in [0.4, 0.5) is 5.82 Å². The van der Waals surface area contributed by atoms with Crippen molar-refractivity contribution < 1.29 is 14.7 Å². The number of hydrogen-bond acceptors (Lipinski definition) is 5. The third-order valence-electron chi connectivity index (χ3n) is 4.45. The quantitative estimate of drug-likeness (QED) is 0.733. The van der Waals surface area contributed by atoms with Gasteiger partial charge in [-0.2, -0.15) is 5.10 Å². The fourth-order valence-corrected chi connectivity index (χ4v) is 2.83. The first-order chi connectivity index (χ1) is 12.4. The van der Waals surface area contributed by atoms with Crippen LogP contribution >= 0.6 is 0 Å². The predicted molar refractivity (Wildman–Crippen MR) is 97.6 cm³/mol. The van der Waals surface area contributed by atoms with Gasteiger partial charge in [0, 0.05) is 17.8 Å². The molecule has 0 aliphatic rings. The van der Waals surface area contributed by atoms with Crippen LogP contribution in [0.3, 0.4) is 0 Å². The van der Waals surface area contributed by atoms with Crippen molar-refractivity contribution in [2.24, 2.45) is 0 Å². The summed E-state index contributed by atoms with van der Waals surface area (Å²) in [4.78, 5) is 27.3. The molecule has 2 aromatic heterocycles. The lowest BCUT2D eigenvalue weighted by Gasteiger charge is -2.10. The smallest absolute Gasteiger partial charge is 0.225 e. The van der Waals surface area contributed by atoms with Crippen molar-refractivity contribution in [3.05, 3.63) is 29.8 Å². The minimum atomic E-state index is -1.25. The first kappa shape index (κ1) is 17.8. The number of aromatic nitrogens is 3. The Morgan fingerprint density at radius 2 is 2.04 bits per heavy atom. The molecule has 0 aliphatic heterocycles. The van der Waals surface area contributed by atoms with Crippen LogP contribution in [0.25, 0.3) is 21.9 Å². The van der Waals surface area contributed by atoms with Crippen molar-refractivity contribution in [3.63, 3.8) is 0 Å². The Kier molecular flexibility index (Phi) is 4.88. The van der Waals surface area contributed by atoms with Crippen LogP contribution in [-0.2, 0) is 9.59 Å². The zero-order valence-corrected chi connectivity index (χ0v) is 15.1. The first-order valence-corrected chi connectivity index (χ1v) is 8.68. The molecule has 7 nitrogen and oxygen atoms in total. The summed E-state index contributed by atoms with van der Waals surface area (Å²) < 4.78 is 1.81. The Balaban J connectivity index is 2.09. The molecule has 3 aromatic rings. The van der Waals surface area contributed by atoms with Gasteiger partial charge in [-0.25, -0.2) is 9.67 Å². The molecule has 0 fully saturated rings. The lowest BCUT2D eigenvalue weighted by atomic mass is 10.1. The standard InChI is InChI=1S/C19H22N4O3/c1-4-12(3)23-19-14(10-13-9-11(2)5-6-15(13)20-19)18(22-23)21-16(24)7-8-17(25)26/h5-6,9-10,12H,4,7-8H2,1-3H3,(H,25,26)(H,21,22,24)/p-1/t12-/m1/s1. The van der Waals surface area contributed by atoms with Gasteiger partial charge in [-0.1, -0.05) is 18.6 Å². The highest BCUT2D eigenvalue weighted by Crippen LogP contribution is 2.29. The number of fused-ring (bicyclic) bond motifs is 2. The minimum absolute atomic E-state index is 0.113. The molecule has 1 N–H and O–H groups in total. The van der Waals surface area contributed by atoms with Crippen LogP contribution in [0.15, 0.2) is 24.3 Å². The molecular weight excluding hydrogens is 332 g/mol. The summed E-state index contributed by atoms with van der Waals surface area (Å²) >= 11 is 0. The number of aliphatic carboxylic acids is 1. The number of hydrogen-bond donors (Lipinski definition) is 1. The number of rotatable bonds is 6. The van der Waals surface area contributed by atoms with Gasteiger partial charge in [0.2, 0.25) is 5.91 Å². The molecule has 0 aliphatic carbocycles. The van der Waals surface area contributed by atoms with Crippen LogP contribution in [0.2, 0.25) is 0 Å². The Bertz CT molecular complexity index is 993. The maximum atomic E-state index is 12.1. The summed E-state index contributed by atoms with van der Waals surface area (Å²) in [7, 11) is 0. The minimum Gasteiger partial charge on any atom is -0.550 e. The molecule has 0 saturated carbocycles. The van der Waals surface area contributed by atoms with E-state index in [0.29, 0.717) is 11.5 Å². The average Bonchev–Trinajstić information content (AvgIpc) is 2.95. The molecule has 0 bridgehead atoms.